The topological polar surface area (TPSA) is 32.3 Å². The number of anilines is 2. The number of amides is 1. The predicted octanol–water partition coefficient (Wildman–Crippen LogP) is 4.23. The van der Waals surface area contributed by atoms with Crippen LogP contribution in [-0.4, -0.2) is 20.0 Å². The van der Waals surface area contributed by atoms with E-state index in [0.29, 0.717) is 5.56 Å². The molecule has 0 unspecified atom stereocenters. The van der Waals surface area contributed by atoms with Gasteiger partial charge in [0.25, 0.3) is 5.91 Å². The molecule has 0 aliphatic heterocycles. The lowest BCUT2D eigenvalue weighted by atomic mass is 10.1. The van der Waals surface area contributed by atoms with Crippen molar-refractivity contribution in [2.45, 2.75) is 13.8 Å². The summed E-state index contributed by atoms with van der Waals surface area (Å²) in [5, 5.41) is 2.95. The maximum absolute atomic E-state index is 12.3. The zero-order valence-electron chi connectivity index (χ0n) is 12.7. The molecule has 3 nitrogen and oxygen atoms in total. The van der Waals surface area contributed by atoms with Gasteiger partial charge in [-0.15, -0.1) is 0 Å². The molecule has 0 aliphatic carbocycles. The number of hydrogen-bond acceptors (Lipinski definition) is 2. The van der Waals surface area contributed by atoms with Crippen molar-refractivity contribution >= 4 is 39.9 Å². The van der Waals surface area contributed by atoms with Gasteiger partial charge in [-0.3, -0.25) is 4.79 Å². The summed E-state index contributed by atoms with van der Waals surface area (Å²) in [7, 11) is 4.02. The minimum Gasteiger partial charge on any atom is -0.377 e. The highest BCUT2D eigenvalue weighted by Crippen LogP contribution is 2.22. The molecule has 21 heavy (non-hydrogen) atoms. The van der Waals surface area contributed by atoms with Crippen LogP contribution in [0.1, 0.15) is 21.5 Å². The lowest BCUT2D eigenvalue weighted by Gasteiger charge is -2.16. The summed E-state index contributed by atoms with van der Waals surface area (Å²) in [5.41, 5.74) is 4.96. The zero-order valence-corrected chi connectivity index (χ0v) is 14.9. The largest absolute Gasteiger partial charge is 0.377 e. The highest BCUT2D eigenvalue weighted by atomic mass is 127. The molecule has 2 aromatic rings. The second kappa shape index (κ2) is 6.47. The highest BCUT2D eigenvalue weighted by Gasteiger charge is 2.09. The Kier molecular flexibility index (Phi) is 4.88. The maximum Gasteiger partial charge on any atom is 0.255 e. The molecule has 0 aromatic heterocycles. The monoisotopic (exact) mass is 394 g/mol. The summed E-state index contributed by atoms with van der Waals surface area (Å²) in [6, 6.07) is 11.7. The molecular formula is C17H19IN2O. The lowest BCUT2D eigenvalue weighted by Crippen LogP contribution is -2.14. The van der Waals surface area contributed by atoms with Crippen molar-refractivity contribution in [3.05, 3.63) is 56.7 Å². The summed E-state index contributed by atoms with van der Waals surface area (Å²) in [6.45, 7) is 4.08. The van der Waals surface area contributed by atoms with E-state index in [-0.39, 0.29) is 5.91 Å². The molecule has 1 N–H and O–H groups in total. The van der Waals surface area contributed by atoms with Crippen LogP contribution in [0.5, 0.6) is 0 Å². The summed E-state index contributed by atoms with van der Waals surface area (Å²) in [4.78, 5) is 14.3. The Morgan fingerprint density at radius 1 is 1.05 bits per heavy atom. The number of benzene rings is 2. The van der Waals surface area contributed by atoms with Crippen molar-refractivity contribution in [3.8, 4) is 0 Å². The van der Waals surface area contributed by atoms with Gasteiger partial charge in [0.1, 0.15) is 0 Å². The second-order valence-corrected chi connectivity index (χ2v) is 6.48. The molecule has 0 spiro atoms. The predicted molar refractivity (Wildman–Crippen MR) is 97.4 cm³/mol. The van der Waals surface area contributed by atoms with Crippen molar-refractivity contribution in [2.75, 3.05) is 24.3 Å². The molecule has 2 rings (SSSR count). The quantitative estimate of drug-likeness (QED) is 0.791. The zero-order chi connectivity index (χ0) is 15.6. The molecule has 0 bridgehead atoms. The van der Waals surface area contributed by atoms with Crippen LogP contribution in [-0.2, 0) is 0 Å². The average Bonchev–Trinajstić information content (AvgIpc) is 2.41. The Bertz CT molecular complexity index is 680. The summed E-state index contributed by atoms with van der Waals surface area (Å²) >= 11 is 2.25. The van der Waals surface area contributed by atoms with Crippen molar-refractivity contribution in [1.29, 1.82) is 0 Å². The number of carbonyl (C=O) groups excluding carboxylic acids is 1. The fraction of sp³-hybridized carbons (Fsp3) is 0.235. The number of carbonyl (C=O) groups is 1. The third-order valence-corrected chi connectivity index (χ3v) is 4.53. The first-order chi connectivity index (χ1) is 9.88. The van der Waals surface area contributed by atoms with Crippen molar-refractivity contribution < 1.29 is 4.79 Å². The Morgan fingerprint density at radius 2 is 1.76 bits per heavy atom. The average molecular weight is 394 g/mol. The van der Waals surface area contributed by atoms with Crippen molar-refractivity contribution in [2.24, 2.45) is 0 Å². The van der Waals surface area contributed by atoms with Gasteiger partial charge < -0.3 is 10.2 Å². The molecule has 1 amide bonds. The third kappa shape index (κ3) is 3.75. The van der Waals surface area contributed by atoms with E-state index in [4.69, 9.17) is 0 Å². The standard InChI is InChI=1S/C17H19IN2O/c1-11-5-6-13(10-15(11)18)17(21)19-14-7-8-16(20(3)4)12(2)9-14/h5-10H,1-4H3,(H,19,21). The molecule has 0 fully saturated rings. The second-order valence-electron chi connectivity index (χ2n) is 5.31. The Balaban J connectivity index is 2.19. The molecule has 0 saturated carbocycles. The number of halogens is 1. The fourth-order valence-corrected chi connectivity index (χ4v) is 2.69. The van der Waals surface area contributed by atoms with E-state index >= 15 is 0 Å². The molecule has 0 heterocycles. The maximum atomic E-state index is 12.3. The molecule has 0 aliphatic rings. The van der Waals surface area contributed by atoms with Crippen LogP contribution in [0, 0.1) is 17.4 Å². The first-order valence-corrected chi connectivity index (χ1v) is 7.82. The van der Waals surface area contributed by atoms with Crippen molar-refractivity contribution in [3.63, 3.8) is 0 Å². The fourth-order valence-electron chi connectivity index (χ4n) is 2.17. The van der Waals surface area contributed by atoms with Crippen molar-refractivity contribution in [1.82, 2.24) is 0 Å². The van der Waals surface area contributed by atoms with Gasteiger partial charge in [0.05, 0.1) is 0 Å². The van der Waals surface area contributed by atoms with Crippen LogP contribution in [0.3, 0.4) is 0 Å². The molecule has 110 valence electrons. The van der Waals surface area contributed by atoms with Crippen LogP contribution in [0.25, 0.3) is 0 Å². The van der Waals surface area contributed by atoms with Crippen LogP contribution in [0.4, 0.5) is 11.4 Å². The first-order valence-electron chi connectivity index (χ1n) is 6.74. The third-order valence-electron chi connectivity index (χ3n) is 3.37. The van der Waals surface area contributed by atoms with Gasteiger partial charge in [0.15, 0.2) is 0 Å². The van der Waals surface area contributed by atoms with Gasteiger partial charge in [-0.25, -0.2) is 0 Å². The normalized spacial score (nSPS) is 10.3. The summed E-state index contributed by atoms with van der Waals surface area (Å²) in [6.07, 6.45) is 0. The molecule has 0 saturated heterocycles. The first kappa shape index (κ1) is 15.8. The van der Waals surface area contributed by atoms with Gasteiger partial charge in [-0.2, -0.15) is 0 Å². The van der Waals surface area contributed by atoms with Gasteiger partial charge >= 0.3 is 0 Å². The Labute approximate surface area is 139 Å². The minimum atomic E-state index is -0.0788. The smallest absolute Gasteiger partial charge is 0.255 e. The van der Waals surface area contributed by atoms with E-state index in [9.17, 15) is 4.79 Å². The van der Waals surface area contributed by atoms with Crippen LogP contribution < -0.4 is 10.2 Å². The van der Waals surface area contributed by atoms with Crippen LogP contribution >= 0.6 is 22.6 Å². The summed E-state index contributed by atoms with van der Waals surface area (Å²) in [5.74, 6) is -0.0788. The van der Waals surface area contributed by atoms with E-state index in [2.05, 4.69) is 32.8 Å². The molecular weight excluding hydrogens is 375 g/mol. The molecule has 4 heteroatoms. The summed E-state index contributed by atoms with van der Waals surface area (Å²) < 4.78 is 1.10. The van der Waals surface area contributed by atoms with E-state index in [1.165, 1.54) is 5.56 Å². The number of aryl methyl sites for hydroxylation is 2. The Hall–Kier alpha value is -1.56. The minimum absolute atomic E-state index is 0.0788. The van der Waals surface area contributed by atoms with Gasteiger partial charge in [-0.05, 0) is 77.9 Å². The SMILES string of the molecule is Cc1ccc(C(=O)Nc2ccc(N(C)C)c(C)c2)cc1I. The van der Waals surface area contributed by atoms with E-state index in [1.807, 2.05) is 64.3 Å². The lowest BCUT2D eigenvalue weighted by molar-refractivity contribution is 0.102. The van der Waals surface area contributed by atoms with Gasteiger partial charge in [0.2, 0.25) is 0 Å². The molecule has 2 aromatic carbocycles. The molecule has 0 radical (unpaired) electrons. The van der Waals surface area contributed by atoms with E-state index < -0.39 is 0 Å². The molecule has 0 atom stereocenters. The van der Waals surface area contributed by atoms with Crippen LogP contribution in [0.2, 0.25) is 0 Å². The number of nitrogens with one attached hydrogen (secondary N) is 1. The van der Waals surface area contributed by atoms with E-state index in [1.54, 1.807) is 0 Å². The number of hydrogen-bond donors (Lipinski definition) is 1. The number of rotatable bonds is 3. The van der Waals surface area contributed by atoms with Gasteiger partial charge in [0, 0.05) is 34.6 Å². The number of nitrogens with zero attached hydrogens (tertiary/aromatic N) is 1. The van der Waals surface area contributed by atoms with Gasteiger partial charge in [-0.1, -0.05) is 6.07 Å². The van der Waals surface area contributed by atoms with E-state index in [0.717, 1.165) is 20.5 Å². The highest BCUT2D eigenvalue weighted by molar-refractivity contribution is 14.1. The Morgan fingerprint density at radius 3 is 2.33 bits per heavy atom. The van der Waals surface area contributed by atoms with Crippen LogP contribution in [0.15, 0.2) is 36.4 Å².